The number of nitrogens with one attached hydrogen (secondary N) is 2. The normalized spacial score (nSPS) is 14.5. The van der Waals surface area contributed by atoms with E-state index in [2.05, 4.69) is 10.6 Å². The van der Waals surface area contributed by atoms with Crippen LogP contribution in [-0.2, 0) is 22.7 Å². The molecule has 1 aliphatic heterocycles. The minimum absolute atomic E-state index is 0.0275. The fraction of sp³-hybridized carbons (Fsp3) is 0.364. The molecule has 0 aliphatic carbocycles. The Balaban J connectivity index is 1.45. The van der Waals surface area contributed by atoms with Crippen LogP contribution in [0.2, 0.25) is 0 Å². The second-order valence-electron chi connectivity index (χ2n) is 6.98. The van der Waals surface area contributed by atoms with Gasteiger partial charge in [-0.15, -0.1) is 0 Å². The summed E-state index contributed by atoms with van der Waals surface area (Å²) in [6.07, 6.45) is 1.35. The molecule has 0 spiro atoms. The Morgan fingerprint density at radius 1 is 1.00 bits per heavy atom. The number of methoxy groups -OCH3 is 1. The molecule has 28 heavy (non-hydrogen) atoms. The number of urea groups is 1. The Bertz CT molecular complexity index is 787. The molecule has 2 aromatic carbocycles. The molecule has 0 unspecified atom stereocenters. The van der Waals surface area contributed by atoms with Crippen LogP contribution in [0.1, 0.15) is 24.0 Å². The highest BCUT2D eigenvalue weighted by Crippen LogP contribution is 2.20. The van der Waals surface area contributed by atoms with Crippen LogP contribution in [0.15, 0.2) is 54.6 Å². The highest BCUT2D eigenvalue weighted by atomic mass is 16.5. The average Bonchev–Trinajstić information content (AvgIpc) is 2.74. The van der Waals surface area contributed by atoms with E-state index in [1.807, 2.05) is 54.6 Å². The number of ether oxygens (including phenoxy) is 1. The molecule has 1 aliphatic rings. The first-order valence-corrected chi connectivity index (χ1v) is 9.62. The summed E-state index contributed by atoms with van der Waals surface area (Å²) >= 11 is 0. The van der Waals surface area contributed by atoms with Gasteiger partial charge in [-0.25, -0.2) is 4.79 Å². The van der Waals surface area contributed by atoms with Gasteiger partial charge in [0.2, 0.25) is 5.91 Å². The summed E-state index contributed by atoms with van der Waals surface area (Å²) < 4.78 is 5.21. The van der Waals surface area contributed by atoms with Crippen LogP contribution in [0.25, 0.3) is 0 Å². The first-order valence-electron chi connectivity index (χ1n) is 9.62. The van der Waals surface area contributed by atoms with E-state index in [1.54, 1.807) is 12.0 Å². The van der Waals surface area contributed by atoms with E-state index in [1.165, 1.54) is 0 Å². The van der Waals surface area contributed by atoms with Crippen LogP contribution in [0.5, 0.6) is 0 Å². The molecule has 1 fully saturated rings. The zero-order chi connectivity index (χ0) is 19.8. The topological polar surface area (TPSA) is 70.7 Å². The highest BCUT2D eigenvalue weighted by Gasteiger charge is 2.27. The average molecular weight is 381 g/mol. The summed E-state index contributed by atoms with van der Waals surface area (Å²) in [7, 11) is 1.66. The molecule has 6 nitrogen and oxygen atoms in total. The number of piperidine rings is 1. The number of hydrogen-bond donors (Lipinski definition) is 2. The van der Waals surface area contributed by atoms with Crippen LogP contribution in [0.4, 0.5) is 10.5 Å². The maximum Gasteiger partial charge on any atom is 0.317 e. The predicted molar refractivity (Wildman–Crippen MR) is 109 cm³/mol. The third-order valence-corrected chi connectivity index (χ3v) is 5.04. The molecule has 0 atom stereocenters. The van der Waals surface area contributed by atoms with Gasteiger partial charge in [0.15, 0.2) is 0 Å². The smallest absolute Gasteiger partial charge is 0.317 e. The van der Waals surface area contributed by atoms with Gasteiger partial charge in [0.1, 0.15) is 0 Å². The van der Waals surface area contributed by atoms with E-state index in [9.17, 15) is 9.59 Å². The van der Waals surface area contributed by atoms with Gasteiger partial charge in [0.25, 0.3) is 0 Å². The summed E-state index contributed by atoms with van der Waals surface area (Å²) in [5, 5.41) is 5.93. The van der Waals surface area contributed by atoms with Gasteiger partial charge < -0.3 is 20.3 Å². The van der Waals surface area contributed by atoms with Gasteiger partial charge >= 0.3 is 6.03 Å². The first-order chi connectivity index (χ1) is 13.7. The lowest BCUT2D eigenvalue weighted by molar-refractivity contribution is -0.121. The standard InChI is InChI=1S/C22H27N3O3/c1-28-16-19-8-6-5-7-18(19)15-23-22(27)25-13-11-17(12-14-25)21(26)24-20-9-3-2-4-10-20/h2-10,17H,11-16H2,1H3,(H,23,27)(H,24,26). The molecule has 6 heteroatoms. The number of para-hydroxylation sites is 1. The lowest BCUT2D eigenvalue weighted by Crippen LogP contribution is -2.46. The molecule has 148 valence electrons. The summed E-state index contributed by atoms with van der Waals surface area (Å²) in [5.74, 6) is -0.0357. The molecule has 2 N–H and O–H groups in total. The van der Waals surface area contributed by atoms with Crippen molar-refractivity contribution in [1.82, 2.24) is 10.2 Å². The molecule has 3 rings (SSSR count). The number of amides is 3. The number of likely N-dealkylation sites (tertiary alicyclic amines) is 1. The van der Waals surface area contributed by atoms with Crippen LogP contribution in [0.3, 0.4) is 0 Å². The van der Waals surface area contributed by atoms with Gasteiger partial charge in [-0.2, -0.15) is 0 Å². The number of anilines is 1. The van der Waals surface area contributed by atoms with Crippen molar-refractivity contribution in [3.05, 3.63) is 65.7 Å². The highest BCUT2D eigenvalue weighted by molar-refractivity contribution is 5.92. The second-order valence-corrected chi connectivity index (χ2v) is 6.98. The molecule has 1 saturated heterocycles. The fourth-order valence-electron chi connectivity index (χ4n) is 3.42. The summed E-state index contributed by atoms with van der Waals surface area (Å²) in [6.45, 7) is 2.15. The van der Waals surface area contributed by atoms with Crippen molar-refractivity contribution in [2.24, 2.45) is 5.92 Å². The van der Waals surface area contributed by atoms with Gasteiger partial charge in [0, 0.05) is 38.3 Å². The van der Waals surface area contributed by atoms with E-state index >= 15 is 0 Å². The zero-order valence-electron chi connectivity index (χ0n) is 16.2. The maximum absolute atomic E-state index is 12.5. The van der Waals surface area contributed by atoms with Crippen molar-refractivity contribution in [3.8, 4) is 0 Å². The molecule has 0 bridgehead atoms. The Hall–Kier alpha value is -2.86. The molecular weight excluding hydrogens is 354 g/mol. The number of benzene rings is 2. The van der Waals surface area contributed by atoms with Gasteiger partial charge in [-0.1, -0.05) is 42.5 Å². The van der Waals surface area contributed by atoms with E-state index in [4.69, 9.17) is 4.74 Å². The van der Waals surface area contributed by atoms with E-state index in [0.29, 0.717) is 39.1 Å². The number of carbonyl (C=O) groups excluding carboxylic acids is 2. The van der Waals surface area contributed by atoms with Gasteiger partial charge in [-0.05, 0) is 36.1 Å². The van der Waals surface area contributed by atoms with Crippen molar-refractivity contribution in [3.63, 3.8) is 0 Å². The molecule has 3 amide bonds. The lowest BCUT2D eigenvalue weighted by atomic mass is 9.96. The quantitative estimate of drug-likeness (QED) is 0.806. The SMILES string of the molecule is COCc1ccccc1CNC(=O)N1CCC(C(=O)Nc2ccccc2)CC1. The minimum atomic E-state index is -0.0888. The van der Waals surface area contributed by atoms with Crippen molar-refractivity contribution in [1.29, 1.82) is 0 Å². The Morgan fingerprint density at radius 3 is 2.32 bits per heavy atom. The van der Waals surface area contributed by atoms with E-state index < -0.39 is 0 Å². The van der Waals surface area contributed by atoms with Crippen LogP contribution in [-0.4, -0.2) is 37.0 Å². The lowest BCUT2D eigenvalue weighted by Gasteiger charge is -2.31. The predicted octanol–water partition coefficient (Wildman–Crippen LogP) is 3.39. The molecule has 0 radical (unpaired) electrons. The summed E-state index contributed by atoms with van der Waals surface area (Å²) in [6, 6.07) is 17.3. The summed E-state index contributed by atoms with van der Waals surface area (Å²) in [5.41, 5.74) is 2.93. The molecular formula is C22H27N3O3. The first kappa shape index (κ1) is 19.9. The molecule has 2 aromatic rings. The largest absolute Gasteiger partial charge is 0.380 e. The van der Waals surface area contributed by atoms with Crippen molar-refractivity contribution in [2.45, 2.75) is 26.0 Å². The number of hydrogen-bond acceptors (Lipinski definition) is 3. The van der Waals surface area contributed by atoms with E-state index in [0.717, 1.165) is 16.8 Å². The van der Waals surface area contributed by atoms with Gasteiger partial charge in [-0.3, -0.25) is 4.79 Å². The zero-order valence-corrected chi connectivity index (χ0v) is 16.2. The van der Waals surface area contributed by atoms with Crippen molar-refractivity contribution >= 4 is 17.6 Å². The molecule has 0 aromatic heterocycles. The van der Waals surface area contributed by atoms with Gasteiger partial charge in [0.05, 0.1) is 6.61 Å². The Labute approximate surface area is 165 Å². The number of carbonyl (C=O) groups is 2. The number of rotatable bonds is 6. The third kappa shape index (κ3) is 5.33. The second kappa shape index (κ2) is 9.90. The molecule has 0 saturated carbocycles. The number of nitrogens with zero attached hydrogens (tertiary/aromatic N) is 1. The fourth-order valence-corrected chi connectivity index (χ4v) is 3.42. The van der Waals surface area contributed by atoms with Crippen LogP contribution in [0, 0.1) is 5.92 Å². The van der Waals surface area contributed by atoms with Crippen molar-refractivity contribution in [2.75, 3.05) is 25.5 Å². The Kier molecular flexibility index (Phi) is 7.03. The summed E-state index contributed by atoms with van der Waals surface area (Å²) in [4.78, 5) is 26.7. The monoisotopic (exact) mass is 381 g/mol. The van der Waals surface area contributed by atoms with Crippen LogP contribution < -0.4 is 10.6 Å². The minimum Gasteiger partial charge on any atom is -0.380 e. The van der Waals surface area contributed by atoms with E-state index in [-0.39, 0.29) is 17.9 Å². The molecule has 1 heterocycles. The van der Waals surface area contributed by atoms with Crippen molar-refractivity contribution < 1.29 is 14.3 Å². The maximum atomic E-state index is 12.5. The third-order valence-electron chi connectivity index (χ3n) is 5.04. The Morgan fingerprint density at radius 2 is 1.64 bits per heavy atom. The van der Waals surface area contributed by atoms with Crippen LogP contribution >= 0.6 is 0 Å².